The summed E-state index contributed by atoms with van der Waals surface area (Å²) in [7, 11) is 1.61. The van der Waals surface area contributed by atoms with E-state index in [0.717, 1.165) is 11.3 Å². The number of aromatic nitrogens is 3. The standard InChI is InChI=1S/C16H11N3O3S/c1-21-11-5-2-4-10(8-11)9-13-15(20)19-16(23-13)17-14(18-19)12-6-3-7-22-12/h2-9H,1H3. The van der Waals surface area contributed by atoms with Crippen LogP contribution in [0, 0.1) is 0 Å². The molecule has 0 aliphatic rings. The van der Waals surface area contributed by atoms with E-state index in [1.807, 2.05) is 24.3 Å². The molecular weight excluding hydrogens is 314 g/mol. The predicted octanol–water partition coefficient (Wildman–Crippen LogP) is 1.97. The second-order valence-corrected chi connectivity index (χ2v) is 5.81. The summed E-state index contributed by atoms with van der Waals surface area (Å²) >= 11 is 1.29. The van der Waals surface area contributed by atoms with Gasteiger partial charge < -0.3 is 9.15 Å². The maximum atomic E-state index is 12.4. The quantitative estimate of drug-likeness (QED) is 0.576. The van der Waals surface area contributed by atoms with Crippen LogP contribution in [-0.4, -0.2) is 21.7 Å². The summed E-state index contributed by atoms with van der Waals surface area (Å²) in [5, 5.41) is 4.22. The van der Waals surface area contributed by atoms with Crippen LogP contribution in [0.25, 0.3) is 22.6 Å². The van der Waals surface area contributed by atoms with E-state index in [1.54, 1.807) is 31.6 Å². The largest absolute Gasteiger partial charge is 0.497 e. The van der Waals surface area contributed by atoms with Crippen LogP contribution < -0.4 is 14.8 Å². The second-order valence-electron chi connectivity index (χ2n) is 4.80. The van der Waals surface area contributed by atoms with Crippen molar-refractivity contribution in [3.05, 3.63) is 63.1 Å². The number of nitrogens with zero attached hydrogens (tertiary/aromatic N) is 3. The van der Waals surface area contributed by atoms with Gasteiger partial charge in [-0.25, -0.2) is 0 Å². The molecule has 4 rings (SSSR count). The van der Waals surface area contributed by atoms with Crippen molar-refractivity contribution in [2.45, 2.75) is 0 Å². The van der Waals surface area contributed by atoms with E-state index in [1.165, 1.54) is 15.9 Å². The predicted molar refractivity (Wildman–Crippen MR) is 86.6 cm³/mol. The highest BCUT2D eigenvalue weighted by Crippen LogP contribution is 2.17. The highest BCUT2D eigenvalue weighted by atomic mass is 32.1. The molecule has 0 aliphatic carbocycles. The molecule has 1 aromatic carbocycles. The molecule has 114 valence electrons. The molecule has 0 atom stereocenters. The monoisotopic (exact) mass is 325 g/mol. The lowest BCUT2D eigenvalue weighted by Gasteiger charge is -1.99. The SMILES string of the molecule is COc1cccc(C=c2sc3nc(-c4ccco4)nn3c2=O)c1. The minimum absolute atomic E-state index is 0.196. The van der Waals surface area contributed by atoms with Crippen molar-refractivity contribution in [3.63, 3.8) is 0 Å². The highest BCUT2D eigenvalue weighted by Gasteiger charge is 2.13. The minimum Gasteiger partial charge on any atom is -0.497 e. The van der Waals surface area contributed by atoms with Crippen LogP contribution in [0.5, 0.6) is 5.75 Å². The third kappa shape index (κ3) is 2.40. The van der Waals surface area contributed by atoms with Crippen molar-refractivity contribution in [1.29, 1.82) is 0 Å². The average Bonchev–Trinajstić information content (AvgIpc) is 3.27. The van der Waals surface area contributed by atoms with Crippen molar-refractivity contribution in [1.82, 2.24) is 14.6 Å². The third-order valence-electron chi connectivity index (χ3n) is 3.31. The first kappa shape index (κ1) is 13.7. The molecule has 0 amide bonds. The Bertz CT molecular complexity index is 1080. The molecule has 3 heterocycles. The Labute approximate surface area is 134 Å². The molecule has 23 heavy (non-hydrogen) atoms. The zero-order valence-electron chi connectivity index (χ0n) is 12.1. The number of hydrogen-bond donors (Lipinski definition) is 0. The molecule has 6 nitrogen and oxygen atoms in total. The van der Waals surface area contributed by atoms with E-state index >= 15 is 0 Å². The number of furan rings is 1. The van der Waals surface area contributed by atoms with E-state index in [0.29, 0.717) is 21.1 Å². The molecule has 0 saturated carbocycles. The number of thiazole rings is 1. The summed E-state index contributed by atoms with van der Waals surface area (Å²) in [4.78, 5) is 17.3. The van der Waals surface area contributed by atoms with Gasteiger partial charge in [0, 0.05) is 0 Å². The van der Waals surface area contributed by atoms with E-state index in [-0.39, 0.29) is 5.56 Å². The van der Waals surface area contributed by atoms with Gasteiger partial charge in [0.05, 0.1) is 17.9 Å². The number of fused-ring (bicyclic) bond motifs is 1. The van der Waals surface area contributed by atoms with E-state index in [2.05, 4.69) is 10.1 Å². The van der Waals surface area contributed by atoms with Crippen LogP contribution in [0.4, 0.5) is 0 Å². The van der Waals surface area contributed by atoms with Crippen LogP contribution in [0.2, 0.25) is 0 Å². The van der Waals surface area contributed by atoms with Crippen LogP contribution in [0.1, 0.15) is 5.56 Å². The van der Waals surface area contributed by atoms with Crippen molar-refractivity contribution in [2.75, 3.05) is 7.11 Å². The van der Waals surface area contributed by atoms with E-state index in [4.69, 9.17) is 9.15 Å². The lowest BCUT2D eigenvalue weighted by molar-refractivity contribution is 0.414. The van der Waals surface area contributed by atoms with Gasteiger partial charge in [-0.3, -0.25) is 4.79 Å². The van der Waals surface area contributed by atoms with Gasteiger partial charge in [-0.15, -0.1) is 5.10 Å². The number of hydrogen-bond acceptors (Lipinski definition) is 6. The Morgan fingerprint density at radius 3 is 2.96 bits per heavy atom. The van der Waals surface area contributed by atoms with Gasteiger partial charge in [-0.2, -0.15) is 9.50 Å². The van der Waals surface area contributed by atoms with Crippen molar-refractivity contribution in [2.24, 2.45) is 0 Å². The van der Waals surface area contributed by atoms with Gasteiger partial charge in [0.25, 0.3) is 5.56 Å². The smallest absolute Gasteiger partial charge is 0.291 e. The first-order valence-electron chi connectivity index (χ1n) is 6.84. The second kappa shape index (κ2) is 5.36. The lowest BCUT2D eigenvalue weighted by Crippen LogP contribution is -2.23. The molecule has 0 unspecified atom stereocenters. The number of methoxy groups -OCH3 is 1. The normalized spacial score (nSPS) is 12.1. The van der Waals surface area contributed by atoms with Crippen molar-refractivity contribution < 1.29 is 9.15 Å². The van der Waals surface area contributed by atoms with Gasteiger partial charge in [0.15, 0.2) is 5.76 Å². The number of ether oxygens (including phenoxy) is 1. The fourth-order valence-electron chi connectivity index (χ4n) is 2.23. The Kier molecular flexibility index (Phi) is 3.20. The molecular formula is C16H11N3O3S. The zero-order chi connectivity index (χ0) is 15.8. The summed E-state index contributed by atoms with van der Waals surface area (Å²) in [5.74, 6) is 1.69. The molecule has 0 N–H and O–H groups in total. The van der Waals surface area contributed by atoms with Gasteiger partial charge >= 0.3 is 0 Å². The average molecular weight is 325 g/mol. The van der Waals surface area contributed by atoms with E-state index in [9.17, 15) is 4.79 Å². The zero-order valence-corrected chi connectivity index (χ0v) is 12.9. The maximum absolute atomic E-state index is 12.4. The Morgan fingerprint density at radius 1 is 1.30 bits per heavy atom. The van der Waals surface area contributed by atoms with Gasteiger partial charge in [-0.1, -0.05) is 23.5 Å². The summed E-state index contributed by atoms with van der Waals surface area (Å²) in [6, 6.07) is 11.0. The van der Waals surface area contributed by atoms with Gasteiger partial charge in [0.1, 0.15) is 5.75 Å². The first-order valence-corrected chi connectivity index (χ1v) is 7.65. The first-order chi connectivity index (χ1) is 11.2. The molecule has 0 fully saturated rings. The molecule has 0 radical (unpaired) electrons. The third-order valence-corrected chi connectivity index (χ3v) is 4.27. The van der Waals surface area contributed by atoms with Crippen LogP contribution in [0.3, 0.4) is 0 Å². The highest BCUT2D eigenvalue weighted by molar-refractivity contribution is 7.15. The Hall–Kier alpha value is -2.93. The molecule has 0 saturated heterocycles. The van der Waals surface area contributed by atoms with Gasteiger partial charge in [0.2, 0.25) is 10.8 Å². The molecule has 0 spiro atoms. The fraction of sp³-hybridized carbons (Fsp3) is 0.0625. The van der Waals surface area contributed by atoms with Crippen molar-refractivity contribution in [3.8, 4) is 17.3 Å². The van der Waals surface area contributed by atoms with Crippen LogP contribution in [0.15, 0.2) is 51.9 Å². The molecule has 4 aromatic rings. The van der Waals surface area contributed by atoms with Gasteiger partial charge in [-0.05, 0) is 35.9 Å². The molecule has 0 bridgehead atoms. The van der Waals surface area contributed by atoms with Crippen LogP contribution >= 0.6 is 11.3 Å². The number of benzene rings is 1. The summed E-state index contributed by atoms with van der Waals surface area (Å²) in [5.41, 5.74) is 0.690. The number of rotatable bonds is 3. The van der Waals surface area contributed by atoms with Crippen molar-refractivity contribution >= 4 is 22.4 Å². The summed E-state index contributed by atoms with van der Waals surface area (Å²) < 4.78 is 12.3. The molecule has 7 heteroatoms. The Balaban J connectivity index is 1.82. The maximum Gasteiger partial charge on any atom is 0.291 e. The topological polar surface area (TPSA) is 69.6 Å². The van der Waals surface area contributed by atoms with E-state index < -0.39 is 0 Å². The minimum atomic E-state index is -0.196. The molecule has 0 aliphatic heterocycles. The summed E-state index contributed by atoms with van der Waals surface area (Å²) in [6.45, 7) is 0. The lowest BCUT2D eigenvalue weighted by atomic mass is 10.2. The Morgan fingerprint density at radius 2 is 2.22 bits per heavy atom. The summed E-state index contributed by atoms with van der Waals surface area (Å²) in [6.07, 6.45) is 3.35. The van der Waals surface area contributed by atoms with Crippen LogP contribution in [-0.2, 0) is 0 Å². The fourth-order valence-corrected chi connectivity index (χ4v) is 3.13. The molecule has 3 aromatic heterocycles.